The van der Waals surface area contributed by atoms with Gasteiger partial charge < -0.3 is 9.57 Å². The minimum atomic E-state index is -0.683. The van der Waals surface area contributed by atoms with Gasteiger partial charge >= 0.3 is 5.97 Å². The predicted molar refractivity (Wildman–Crippen MR) is 61.2 cm³/mol. The summed E-state index contributed by atoms with van der Waals surface area (Å²) < 4.78 is 4.62. The second-order valence-electron chi connectivity index (χ2n) is 2.86. The number of benzene rings is 1. The van der Waals surface area contributed by atoms with Gasteiger partial charge in [-0.05, 0) is 12.5 Å². The monoisotopic (exact) mass is 241 g/mol. The van der Waals surface area contributed by atoms with E-state index in [1.54, 1.807) is 6.92 Å². The topological polar surface area (TPSA) is 47.9 Å². The van der Waals surface area contributed by atoms with E-state index in [-0.39, 0.29) is 18.4 Å². The molecule has 5 heteroatoms. The smallest absolute Gasteiger partial charge is 0.372 e. The van der Waals surface area contributed by atoms with Gasteiger partial charge in [-0.2, -0.15) is 0 Å². The van der Waals surface area contributed by atoms with E-state index in [4.69, 9.17) is 16.4 Å². The highest BCUT2D eigenvalue weighted by Gasteiger charge is 2.09. The van der Waals surface area contributed by atoms with Crippen LogP contribution in [-0.2, 0) is 21.0 Å². The number of rotatable bonds is 5. The van der Waals surface area contributed by atoms with Crippen LogP contribution in [-0.4, -0.2) is 17.7 Å². The molecule has 1 rings (SSSR count). The Balaban J connectivity index is 2.39. The summed E-state index contributed by atoms with van der Waals surface area (Å²) in [4.78, 5) is 15.9. The maximum absolute atomic E-state index is 11.0. The normalized spacial score (nSPS) is 11.0. The fraction of sp³-hybridized carbons (Fsp3) is 0.273. The Hall–Kier alpha value is -1.55. The molecule has 0 unspecified atom stereocenters. The highest BCUT2D eigenvalue weighted by Crippen LogP contribution is 2.01. The van der Waals surface area contributed by atoms with Crippen molar-refractivity contribution < 1.29 is 14.4 Å². The van der Waals surface area contributed by atoms with Gasteiger partial charge in [0, 0.05) is 0 Å². The van der Waals surface area contributed by atoms with Crippen LogP contribution in [0.4, 0.5) is 0 Å². The molecule has 0 heterocycles. The fourth-order valence-electron chi connectivity index (χ4n) is 0.966. The Morgan fingerprint density at radius 2 is 2.06 bits per heavy atom. The first kappa shape index (κ1) is 12.5. The van der Waals surface area contributed by atoms with Crippen LogP contribution in [0.3, 0.4) is 0 Å². The van der Waals surface area contributed by atoms with Crippen LogP contribution < -0.4 is 0 Å². The SMILES string of the molecule is CCOC(=O)/C(Cl)=N/OCc1ccccc1. The number of carbonyl (C=O) groups excluding carboxylic acids is 1. The molecule has 16 heavy (non-hydrogen) atoms. The van der Waals surface area contributed by atoms with Crippen LogP contribution in [0, 0.1) is 0 Å². The number of nitrogens with zero attached hydrogens (tertiary/aromatic N) is 1. The zero-order valence-corrected chi connectivity index (χ0v) is 9.61. The largest absolute Gasteiger partial charge is 0.461 e. The lowest BCUT2D eigenvalue weighted by Crippen LogP contribution is -2.12. The van der Waals surface area contributed by atoms with Crippen molar-refractivity contribution in [2.75, 3.05) is 6.61 Å². The van der Waals surface area contributed by atoms with E-state index in [9.17, 15) is 4.79 Å². The molecule has 0 amide bonds. The van der Waals surface area contributed by atoms with E-state index in [0.29, 0.717) is 0 Å². The van der Waals surface area contributed by atoms with E-state index < -0.39 is 5.97 Å². The van der Waals surface area contributed by atoms with Crippen LogP contribution in [0.25, 0.3) is 0 Å². The van der Waals surface area contributed by atoms with Gasteiger partial charge in [-0.3, -0.25) is 0 Å². The number of hydrogen-bond donors (Lipinski definition) is 0. The first-order valence-electron chi connectivity index (χ1n) is 4.80. The van der Waals surface area contributed by atoms with Crippen LogP contribution in [0.15, 0.2) is 35.5 Å². The lowest BCUT2D eigenvalue weighted by molar-refractivity contribution is -0.134. The average Bonchev–Trinajstić information content (AvgIpc) is 2.30. The van der Waals surface area contributed by atoms with Gasteiger partial charge in [-0.1, -0.05) is 47.1 Å². The molecular formula is C11H12ClNO3. The van der Waals surface area contributed by atoms with E-state index in [2.05, 4.69) is 9.89 Å². The highest BCUT2D eigenvalue weighted by atomic mass is 35.5. The standard InChI is InChI=1S/C11H12ClNO3/c1-2-15-11(14)10(12)13-16-8-9-6-4-3-5-7-9/h3-7H,2,8H2,1H3/b13-10-. The van der Waals surface area contributed by atoms with Crippen molar-refractivity contribution in [1.29, 1.82) is 0 Å². The predicted octanol–water partition coefficient (Wildman–Crippen LogP) is 2.32. The number of halogens is 1. The molecule has 4 nitrogen and oxygen atoms in total. The van der Waals surface area contributed by atoms with Gasteiger partial charge in [0.15, 0.2) is 0 Å². The van der Waals surface area contributed by atoms with Crippen molar-refractivity contribution in [2.45, 2.75) is 13.5 Å². The third kappa shape index (κ3) is 4.31. The highest BCUT2D eigenvalue weighted by molar-refractivity contribution is 6.81. The maximum atomic E-state index is 11.0. The first-order valence-corrected chi connectivity index (χ1v) is 5.18. The third-order valence-corrected chi connectivity index (χ3v) is 1.89. The van der Waals surface area contributed by atoms with Crippen molar-refractivity contribution >= 4 is 22.7 Å². The van der Waals surface area contributed by atoms with Gasteiger partial charge in [0.1, 0.15) is 6.61 Å². The summed E-state index contributed by atoms with van der Waals surface area (Å²) in [6.45, 7) is 2.20. The lowest BCUT2D eigenvalue weighted by atomic mass is 10.2. The molecule has 0 saturated heterocycles. The summed E-state index contributed by atoms with van der Waals surface area (Å²) in [5, 5.41) is 3.14. The summed E-state index contributed by atoms with van der Waals surface area (Å²) in [7, 11) is 0. The quantitative estimate of drug-likeness (QED) is 0.452. The molecule has 0 aliphatic heterocycles. The average molecular weight is 242 g/mol. The molecule has 0 atom stereocenters. The van der Waals surface area contributed by atoms with Crippen LogP contribution >= 0.6 is 11.6 Å². The second kappa shape index (κ2) is 6.85. The first-order chi connectivity index (χ1) is 7.74. The molecule has 0 radical (unpaired) electrons. The molecule has 0 fully saturated rings. The minimum absolute atomic E-state index is 0.253. The number of hydrogen-bond acceptors (Lipinski definition) is 4. The molecule has 1 aromatic rings. The molecule has 0 aliphatic carbocycles. The zero-order valence-electron chi connectivity index (χ0n) is 8.85. The van der Waals surface area contributed by atoms with E-state index >= 15 is 0 Å². The molecule has 0 aromatic heterocycles. The van der Waals surface area contributed by atoms with Crippen LogP contribution in [0.5, 0.6) is 0 Å². The van der Waals surface area contributed by atoms with Crippen molar-refractivity contribution in [2.24, 2.45) is 5.16 Å². The Kier molecular flexibility index (Phi) is 5.36. The maximum Gasteiger partial charge on any atom is 0.372 e. The number of carbonyl (C=O) groups is 1. The van der Waals surface area contributed by atoms with Crippen molar-refractivity contribution in [3.8, 4) is 0 Å². The third-order valence-electron chi connectivity index (χ3n) is 1.66. The molecule has 0 bridgehead atoms. The number of esters is 1. The van der Waals surface area contributed by atoms with Crippen LogP contribution in [0.2, 0.25) is 0 Å². The molecule has 0 N–H and O–H groups in total. The summed E-state index contributed by atoms with van der Waals surface area (Å²) in [5.74, 6) is -0.683. The van der Waals surface area contributed by atoms with Gasteiger partial charge in [0.2, 0.25) is 0 Å². The molecule has 0 saturated carbocycles. The van der Waals surface area contributed by atoms with E-state index in [0.717, 1.165) is 5.56 Å². The zero-order chi connectivity index (χ0) is 11.8. The summed E-state index contributed by atoms with van der Waals surface area (Å²) in [6, 6.07) is 9.44. The van der Waals surface area contributed by atoms with Crippen molar-refractivity contribution in [3.63, 3.8) is 0 Å². The number of oxime groups is 1. The lowest BCUT2D eigenvalue weighted by Gasteiger charge is -2.00. The minimum Gasteiger partial charge on any atom is -0.461 e. The molecule has 0 aliphatic rings. The Morgan fingerprint density at radius 3 is 2.69 bits per heavy atom. The Bertz CT molecular complexity index is 365. The van der Waals surface area contributed by atoms with Crippen molar-refractivity contribution in [1.82, 2.24) is 0 Å². The number of ether oxygens (including phenoxy) is 1. The summed E-state index contributed by atoms with van der Waals surface area (Å²) in [5.41, 5.74) is 0.944. The molecule has 1 aromatic carbocycles. The summed E-state index contributed by atoms with van der Waals surface area (Å²) in [6.07, 6.45) is 0. The molecule has 0 spiro atoms. The van der Waals surface area contributed by atoms with Gasteiger partial charge in [-0.25, -0.2) is 4.79 Å². The molecule has 86 valence electrons. The van der Waals surface area contributed by atoms with Gasteiger partial charge in [-0.15, -0.1) is 0 Å². The fourth-order valence-corrected chi connectivity index (χ4v) is 1.07. The summed E-state index contributed by atoms with van der Waals surface area (Å²) >= 11 is 5.53. The molecular weight excluding hydrogens is 230 g/mol. The van der Waals surface area contributed by atoms with Crippen molar-refractivity contribution in [3.05, 3.63) is 35.9 Å². The van der Waals surface area contributed by atoms with E-state index in [1.807, 2.05) is 30.3 Å². The van der Waals surface area contributed by atoms with Gasteiger partial charge in [0.05, 0.1) is 6.61 Å². The van der Waals surface area contributed by atoms with Gasteiger partial charge in [0.25, 0.3) is 5.17 Å². The second-order valence-corrected chi connectivity index (χ2v) is 3.22. The van der Waals surface area contributed by atoms with Crippen LogP contribution in [0.1, 0.15) is 12.5 Å². The Labute approximate surface area is 98.8 Å². The Morgan fingerprint density at radius 1 is 1.38 bits per heavy atom. The van der Waals surface area contributed by atoms with E-state index in [1.165, 1.54) is 0 Å².